The highest BCUT2D eigenvalue weighted by atomic mass is 16.5. The van der Waals surface area contributed by atoms with Crippen LogP contribution in [-0.4, -0.2) is 39.5 Å². The third-order valence-electron chi connectivity index (χ3n) is 11.8. The minimum Gasteiger partial charge on any atom is -0.461 e. The normalized spacial score (nSPS) is 32.9. The van der Waals surface area contributed by atoms with Crippen LogP contribution in [-0.2, 0) is 21.4 Å². The molecule has 5 rings (SSSR count). The summed E-state index contributed by atoms with van der Waals surface area (Å²) in [7, 11) is 0. The monoisotopic (exact) mass is 607 g/mol. The number of aryl methyl sites for hydroxylation is 1. The van der Waals surface area contributed by atoms with Crippen LogP contribution >= 0.6 is 0 Å². The average molecular weight is 608 g/mol. The first-order chi connectivity index (χ1) is 21.1. The summed E-state index contributed by atoms with van der Waals surface area (Å²) >= 11 is 0. The minimum atomic E-state index is -0.650. The lowest BCUT2D eigenvalue weighted by Gasteiger charge is -2.44. The summed E-state index contributed by atoms with van der Waals surface area (Å²) in [5, 5.41) is 20.5. The molecule has 4 aliphatic carbocycles. The molecule has 1 heterocycles. The van der Waals surface area contributed by atoms with Crippen molar-refractivity contribution in [3.63, 3.8) is 0 Å². The summed E-state index contributed by atoms with van der Waals surface area (Å²) in [5.74, 6) is 3.34. The molecule has 0 unspecified atom stereocenters. The molecule has 4 fully saturated rings. The summed E-state index contributed by atoms with van der Waals surface area (Å²) in [5.41, 5.74) is 3.25. The van der Waals surface area contributed by atoms with Crippen LogP contribution in [0.2, 0.25) is 0 Å². The van der Waals surface area contributed by atoms with E-state index in [-0.39, 0.29) is 22.9 Å². The Morgan fingerprint density at radius 1 is 1.18 bits per heavy atom. The number of carbonyl (C=O) groups excluding carboxylic acids is 1. The molecule has 6 nitrogen and oxygen atoms in total. The Kier molecular flexibility index (Phi) is 10.6. The van der Waals surface area contributed by atoms with Gasteiger partial charge in [-0.25, -0.2) is 4.98 Å². The number of fused-ring (bicyclic) bond motifs is 1. The predicted molar refractivity (Wildman–Crippen MR) is 174 cm³/mol. The molecule has 1 aromatic heterocycles. The molecule has 2 N–H and O–H groups in total. The number of hydrogen-bond donors (Lipinski definition) is 2. The Balaban J connectivity index is 1.28. The molecule has 0 spiro atoms. The second-order valence-corrected chi connectivity index (χ2v) is 14.8. The van der Waals surface area contributed by atoms with Crippen molar-refractivity contribution in [1.82, 2.24) is 4.98 Å². The highest BCUT2D eigenvalue weighted by Gasteiger charge is 2.57. The van der Waals surface area contributed by atoms with Crippen LogP contribution in [0.1, 0.15) is 136 Å². The molecule has 4 aliphatic rings. The van der Waals surface area contributed by atoms with E-state index in [0.717, 1.165) is 80.6 Å². The molecular weight excluding hydrogens is 550 g/mol. The van der Waals surface area contributed by atoms with Gasteiger partial charge in [0.25, 0.3) is 0 Å². The maximum atomic E-state index is 12.8. The van der Waals surface area contributed by atoms with E-state index in [0.29, 0.717) is 37.0 Å². The summed E-state index contributed by atoms with van der Waals surface area (Å²) in [6, 6.07) is 0. The van der Waals surface area contributed by atoms with Crippen LogP contribution in [0.5, 0.6) is 0 Å². The third-order valence-corrected chi connectivity index (χ3v) is 11.8. The van der Waals surface area contributed by atoms with Gasteiger partial charge in [-0.1, -0.05) is 58.4 Å². The van der Waals surface area contributed by atoms with E-state index in [9.17, 15) is 15.0 Å². The molecule has 4 saturated carbocycles. The second kappa shape index (κ2) is 14.1. The number of aliphatic hydroxyl groups is 2. The number of aliphatic hydroxyl groups excluding tert-OH is 2. The number of rotatable bonds is 13. The molecule has 0 radical (unpaired) electrons. The number of allylic oxidation sites excluding steroid dienone is 3. The van der Waals surface area contributed by atoms with E-state index in [2.05, 4.69) is 39.5 Å². The van der Waals surface area contributed by atoms with Gasteiger partial charge in [-0.3, -0.25) is 4.79 Å². The molecule has 0 aromatic carbocycles. The Hall–Kier alpha value is -2.18. The largest absolute Gasteiger partial charge is 0.461 e. The maximum absolute atomic E-state index is 12.8. The molecule has 244 valence electrons. The van der Waals surface area contributed by atoms with Gasteiger partial charge in [0, 0.05) is 19.3 Å². The van der Waals surface area contributed by atoms with Crippen molar-refractivity contribution in [3.05, 3.63) is 53.3 Å². The van der Waals surface area contributed by atoms with E-state index < -0.39 is 12.2 Å². The fourth-order valence-corrected chi connectivity index (χ4v) is 8.98. The van der Waals surface area contributed by atoms with Crippen molar-refractivity contribution in [3.8, 4) is 0 Å². The van der Waals surface area contributed by atoms with Crippen LogP contribution in [0.4, 0.5) is 0 Å². The zero-order valence-electron chi connectivity index (χ0n) is 27.8. The van der Waals surface area contributed by atoms with Crippen molar-refractivity contribution >= 4 is 5.97 Å². The quantitative estimate of drug-likeness (QED) is 0.219. The number of esters is 1. The lowest BCUT2D eigenvalue weighted by atomic mass is 9.60. The Morgan fingerprint density at radius 2 is 1.98 bits per heavy atom. The minimum absolute atomic E-state index is 0.0982. The van der Waals surface area contributed by atoms with Crippen molar-refractivity contribution in [2.24, 2.45) is 23.2 Å². The van der Waals surface area contributed by atoms with Gasteiger partial charge in [-0.2, -0.15) is 0 Å². The van der Waals surface area contributed by atoms with E-state index in [1.807, 2.05) is 13.1 Å². The number of unbranched alkanes of at least 4 members (excludes halogenated alkanes) is 1. The maximum Gasteiger partial charge on any atom is 0.306 e. The van der Waals surface area contributed by atoms with E-state index in [1.54, 1.807) is 0 Å². The van der Waals surface area contributed by atoms with Gasteiger partial charge >= 0.3 is 5.97 Å². The van der Waals surface area contributed by atoms with E-state index in [4.69, 9.17) is 14.1 Å². The molecule has 6 heteroatoms. The molecule has 0 bridgehead atoms. The van der Waals surface area contributed by atoms with E-state index in [1.165, 1.54) is 31.3 Å². The number of oxazole rings is 1. The van der Waals surface area contributed by atoms with Gasteiger partial charge in [-0.05, 0) is 111 Å². The lowest BCUT2D eigenvalue weighted by molar-refractivity contribution is -0.152. The van der Waals surface area contributed by atoms with Gasteiger partial charge in [0.15, 0.2) is 0 Å². The fourth-order valence-electron chi connectivity index (χ4n) is 8.98. The number of nitrogens with zero attached hydrogens (tertiary/aromatic N) is 1. The van der Waals surface area contributed by atoms with Gasteiger partial charge < -0.3 is 19.4 Å². The van der Waals surface area contributed by atoms with Crippen LogP contribution in [0, 0.1) is 23.2 Å². The van der Waals surface area contributed by atoms with Crippen molar-refractivity contribution in [2.75, 3.05) is 0 Å². The predicted octanol–water partition coefficient (Wildman–Crippen LogP) is 8.32. The molecule has 0 saturated heterocycles. The Morgan fingerprint density at radius 3 is 2.70 bits per heavy atom. The third kappa shape index (κ3) is 6.97. The van der Waals surface area contributed by atoms with Gasteiger partial charge in [0.05, 0.1) is 23.8 Å². The summed E-state index contributed by atoms with van der Waals surface area (Å²) in [4.78, 5) is 17.5. The number of ether oxygens (including phenoxy) is 1. The second-order valence-electron chi connectivity index (χ2n) is 14.8. The van der Waals surface area contributed by atoms with Crippen LogP contribution in [0.25, 0.3) is 0 Å². The van der Waals surface area contributed by atoms with Gasteiger partial charge in [0.1, 0.15) is 11.9 Å². The Bertz CT molecular complexity index is 1220. The van der Waals surface area contributed by atoms with Crippen LogP contribution in [0.15, 0.2) is 46.1 Å². The molecule has 44 heavy (non-hydrogen) atoms. The lowest BCUT2D eigenvalue weighted by Crippen LogP contribution is -2.37. The number of carbonyl (C=O) groups is 1. The topological polar surface area (TPSA) is 92.8 Å². The smallest absolute Gasteiger partial charge is 0.306 e. The molecule has 1 aromatic rings. The highest BCUT2D eigenvalue weighted by Crippen LogP contribution is 2.60. The van der Waals surface area contributed by atoms with E-state index >= 15 is 0 Å². The first kappa shape index (κ1) is 33.2. The molecule has 0 aliphatic heterocycles. The SMILES string of the molecule is C=C1C(=CC=C2CCC[C@]3(C)[C@@H]([C@H](C)CC[C@@H](OC(=O)CCC)C4(c5ncc(CCCC)o5)CC4)CC[C@@H]23)C[C@@H](O)C[C@@H]1O. The fraction of sp³-hybridized carbons (Fsp3) is 0.737. The van der Waals surface area contributed by atoms with Crippen LogP contribution in [0.3, 0.4) is 0 Å². The first-order valence-electron chi connectivity index (χ1n) is 17.7. The molecule has 7 atom stereocenters. The van der Waals surface area contributed by atoms with Crippen LogP contribution < -0.4 is 0 Å². The van der Waals surface area contributed by atoms with Gasteiger partial charge in [0.2, 0.25) is 5.89 Å². The number of aromatic nitrogens is 1. The summed E-state index contributed by atoms with van der Waals surface area (Å²) < 4.78 is 12.5. The molecular formula is C38H57NO5. The zero-order valence-corrected chi connectivity index (χ0v) is 27.8. The van der Waals surface area contributed by atoms with Crippen molar-refractivity contribution in [2.45, 2.75) is 154 Å². The van der Waals surface area contributed by atoms with Gasteiger partial charge in [-0.15, -0.1) is 0 Å². The summed E-state index contributed by atoms with van der Waals surface area (Å²) in [6.45, 7) is 13.3. The van der Waals surface area contributed by atoms with Crippen molar-refractivity contribution < 1.29 is 24.2 Å². The molecule has 0 amide bonds. The standard InChI is InChI=1S/C38H57NO5/c1-6-8-12-30-24-39-36(43-30)38(20-21-38)34(44-35(42)10-7-2)18-13-25(3)31-16-17-32-27(11-9-19-37(31,32)5)14-15-28-22-29(40)23-33(41)26(28)4/h14-15,24-25,29,31-34,40-41H,4,6-13,16-23H2,1-3,5H3/t25-,29-,31-,32+,33+,34-,37-/m1/s1. The first-order valence-corrected chi connectivity index (χ1v) is 17.7. The van der Waals surface area contributed by atoms with Crippen molar-refractivity contribution in [1.29, 1.82) is 0 Å². The Labute approximate surface area is 265 Å². The summed E-state index contributed by atoms with van der Waals surface area (Å²) in [6.07, 6.45) is 20.1. The zero-order chi connectivity index (χ0) is 31.5. The highest BCUT2D eigenvalue weighted by molar-refractivity contribution is 5.69. The average Bonchev–Trinajstić information content (AvgIpc) is 3.51. The number of hydrogen-bond acceptors (Lipinski definition) is 6.